The quantitative estimate of drug-likeness (QED) is 0.173. The summed E-state index contributed by atoms with van der Waals surface area (Å²) in [6.45, 7) is 2.72. The largest absolute Gasteiger partial charge is 0.505 e. The maximum Gasteiger partial charge on any atom is 0.296 e. The summed E-state index contributed by atoms with van der Waals surface area (Å²) >= 11 is -2.49. The van der Waals surface area contributed by atoms with E-state index in [0.29, 0.717) is 5.56 Å². The highest BCUT2D eigenvalue weighted by Gasteiger charge is 2.25. The van der Waals surface area contributed by atoms with Gasteiger partial charge >= 0.3 is 0 Å². The van der Waals surface area contributed by atoms with Crippen molar-refractivity contribution in [3.05, 3.63) is 42.0 Å². The van der Waals surface area contributed by atoms with Crippen molar-refractivity contribution in [1.82, 2.24) is 0 Å². The van der Waals surface area contributed by atoms with E-state index in [-0.39, 0.29) is 27.0 Å². The summed E-state index contributed by atoms with van der Waals surface area (Å²) in [7, 11) is -9.92. The molecule has 0 saturated heterocycles. The van der Waals surface area contributed by atoms with Crippen molar-refractivity contribution in [2.24, 2.45) is 10.2 Å². The summed E-state index contributed by atoms with van der Waals surface area (Å²) in [6, 6.07) is 6.54. The maximum absolute atomic E-state index is 12.1. The van der Waals surface area contributed by atoms with Crippen LogP contribution >= 0.6 is 0 Å². The molecule has 0 aromatic heterocycles. The second kappa shape index (κ2) is 9.40. The Balaban J connectivity index is 2.42. The zero-order valence-corrected chi connectivity index (χ0v) is 20.3. The molecule has 16 heteroatoms. The fourth-order valence-corrected chi connectivity index (χ4v) is 4.81. The Morgan fingerprint density at radius 2 is 1.66 bits per heavy atom. The van der Waals surface area contributed by atoms with E-state index in [1.807, 2.05) is 0 Å². The second-order valence-corrected chi connectivity index (χ2v) is 10.9. The van der Waals surface area contributed by atoms with Crippen molar-refractivity contribution in [3.63, 3.8) is 0 Å². The molecule has 186 valence electrons. The van der Waals surface area contributed by atoms with Crippen LogP contribution in [0.3, 0.4) is 0 Å². The van der Waals surface area contributed by atoms with Crippen LogP contribution in [0.25, 0.3) is 10.8 Å². The van der Waals surface area contributed by atoms with Gasteiger partial charge < -0.3 is 15.0 Å². The third-order valence-corrected chi connectivity index (χ3v) is 6.99. The number of nitrogens with one attached hydrogen (secondary N) is 1. The Morgan fingerprint density at radius 1 is 1.00 bits per heavy atom. The van der Waals surface area contributed by atoms with Crippen molar-refractivity contribution < 1.29 is 44.6 Å². The minimum absolute atomic E-state index is 0.143. The fraction of sp³-hybridized carbons (Fsp3) is 0.105. The number of carbonyl (C=O) groups excluding carboxylic acids is 1. The van der Waals surface area contributed by atoms with Gasteiger partial charge in [0, 0.05) is 12.3 Å². The summed E-state index contributed by atoms with van der Waals surface area (Å²) in [5.41, 5.74) is -0.666. The maximum atomic E-state index is 12.1. The number of amides is 1. The number of hydrogen-bond donors (Lipinski definition) is 5. The number of hydrogen-bond acceptors (Lipinski definition) is 9. The van der Waals surface area contributed by atoms with E-state index in [9.17, 15) is 44.6 Å². The van der Waals surface area contributed by atoms with Gasteiger partial charge in [-0.15, -0.1) is 10.2 Å². The molecule has 5 N–H and O–H groups in total. The molecule has 3 aromatic carbocycles. The Hall–Kier alpha value is -3.28. The molecule has 3 rings (SSSR count). The first-order valence-electron chi connectivity index (χ1n) is 9.29. The van der Waals surface area contributed by atoms with E-state index in [2.05, 4.69) is 15.5 Å². The predicted molar refractivity (Wildman–Crippen MR) is 124 cm³/mol. The average Bonchev–Trinajstić information content (AvgIpc) is 2.70. The monoisotopic (exact) mass is 543 g/mol. The summed E-state index contributed by atoms with van der Waals surface area (Å²) in [5, 5.41) is 20.0. The smallest absolute Gasteiger partial charge is 0.296 e. The van der Waals surface area contributed by atoms with Gasteiger partial charge in [0.05, 0.1) is 15.5 Å². The lowest BCUT2D eigenvalue weighted by Crippen LogP contribution is -2.08. The Labute approximate surface area is 201 Å². The zero-order valence-electron chi connectivity index (χ0n) is 17.8. The van der Waals surface area contributed by atoms with Crippen molar-refractivity contribution in [3.8, 4) is 5.75 Å². The van der Waals surface area contributed by atoms with Crippen LogP contribution in [0, 0.1) is 6.92 Å². The van der Waals surface area contributed by atoms with Crippen LogP contribution < -0.4 is 5.32 Å². The highest BCUT2D eigenvalue weighted by molar-refractivity contribution is 7.86. The van der Waals surface area contributed by atoms with Gasteiger partial charge in [-0.1, -0.05) is 6.07 Å². The number of aryl methyl sites for hydroxylation is 1. The number of azo groups is 1. The number of benzene rings is 3. The van der Waals surface area contributed by atoms with Crippen LogP contribution in [0.5, 0.6) is 5.75 Å². The summed E-state index contributed by atoms with van der Waals surface area (Å²) in [5.74, 6) is -1.63. The minimum Gasteiger partial charge on any atom is -0.505 e. The first kappa shape index (κ1) is 26.3. The van der Waals surface area contributed by atoms with Crippen molar-refractivity contribution in [2.45, 2.75) is 28.5 Å². The topological polar surface area (TPSA) is 220 Å². The van der Waals surface area contributed by atoms with Crippen LogP contribution in [0.4, 0.5) is 17.1 Å². The van der Waals surface area contributed by atoms with E-state index >= 15 is 0 Å². The number of fused-ring (bicyclic) bond motifs is 1. The molecule has 1 atom stereocenters. The molecule has 35 heavy (non-hydrogen) atoms. The van der Waals surface area contributed by atoms with Gasteiger partial charge in [-0.25, -0.2) is 4.21 Å². The average molecular weight is 544 g/mol. The number of carbonyl (C=O) groups is 1. The van der Waals surface area contributed by atoms with Crippen LogP contribution in [0.2, 0.25) is 0 Å². The second-order valence-electron chi connectivity index (χ2n) is 7.19. The van der Waals surface area contributed by atoms with Crippen molar-refractivity contribution >= 4 is 65.1 Å². The molecule has 1 unspecified atom stereocenters. The Bertz CT molecular complexity index is 1650. The lowest BCUT2D eigenvalue weighted by molar-refractivity contribution is -0.114. The molecule has 0 aliphatic carbocycles. The normalized spacial score (nSPS) is 13.3. The van der Waals surface area contributed by atoms with Gasteiger partial charge in [-0.2, -0.15) is 16.8 Å². The van der Waals surface area contributed by atoms with Crippen molar-refractivity contribution in [1.29, 1.82) is 0 Å². The molecule has 0 aliphatic heterocycles. The van der Waals surface area contributed by atoms with Gasteiger partial charge in [0.1, 0.15) is 16.3 Å². The lowest BCUT2D eigenvalue weighted by atomic mass is 10.1. The molecule has 0 spiro atoms. The van der Waals surface area contributed by atoms with E-state index in [1.54, 1.807) is 6.92 Å². The summed E-state index contributed by atoms with van der Waals surface area (Å²) in [4.78, 5) is 9.74. The SMILES string of the molecule is CC(=O)Nc1cc(S(=O)(=O)O)cc2cc(S(=O)(=O)O)c(N=Nc3cc(C)ccc3S(=O)O)c(O)c12. The van der Waals surface area contributed by atoms with E-state index in [4.69, 9.17) is 0 Å². The summed E-state index contributed by atoms with van der Waals surface area (Å²) < 4.78 is 87.6. The van der Waals surface area contributed by atoms with Gasteiger partial charge in [0.25, 0.3) is 20.2 Å². The molecule has 13 nitrogen and oxygen atoms in total. The fourth-order valence-electron chi connectivity index (χ4n) is 3.15. The lowest BCUT2D eigenvalue weighted by Gasteiger charge is -2.14. The Morgan fingerprint density at radius 3 is 2.20 bits per heavy atom. The highest BCUT2D eigenvalue weighted by Crippen LogP contribution is 2.45. The van der Waals surface area contributed by atoms with E-state index in [0.717, 1.165) is 25.1 Å². The van der Waals surface area contributed by atoms with Gasteiger partial charge in [-0.05, 0) is 48.2 Å². The third kappa shape index (κ3) is 5.69. The highest BCUT2D eigenvalue weighted by atomic mass is 32.2. The number of phenols is 1. The van der Waals surface area contributed by atoms with E-state index in [1.165, 1.54) is 18.2 Å². The number of phenolic OH excluding ortho intramolecular Hbond substituents is 1. The minimum atomic E-state index is -5.09. The van der Waals surface area contributed by atoms with Crippen LogP contribution in [-0.2, 0) is 36.1 Å². The third-order valence-electron chi connectivity index (χ3n) is 4.57. The van der Waals surface area contributed by atoms with Gasteiger partial charge in [0.15, 0.2) is 16.8 Å². The van der Waals surface area contributed by atoms with Gasteiger partial charge in [-0.3, -0.25) is 13.9 Å². The molecule has 0 fully saturated rings. The number of nitrogens with zero attached hydrogens (tertiary/aromatic N) is 2. The molecular formula is C19H17N3O10S3. The van der Waals surface area contributed by atoms with Crippen LogP contribution in [0.1, 0.15) is 12.5 Å². The van der Waals surface area contributed by atoms with Crippen LogP contribution in [-0.4, -0.2) is 45.7 Å². The molecule has 0 aliphatic rings. The number of rotatable bonds is 6. The summed E-state index contributed by atoms with van der Waals surface area (Å²) in [6.07, 6.45) is 0. The molecule has 1 amide bonds. The number of aromatic hydroxyl groups is 1. The first-order valence-corrected chi connectivity index (χ1v) is 13.3. The van der Waals surface area contributed by atoms with E-state index < -0.39 is 58.5 Å². The first-order chi connectivity index (χ1) is 16.1. The van der Waals surface area contributed by atoms with Crippen LogP contribution in [0.15, 0.2) is 61.3 Å². The molecule has 0 saturated carbocycles. The standard InChI is InChI=1S/C19H17N3O10S3/c1-9-3-4-15(33(25)26)13(5-9)21-22-18-16(35(30,31)32)7-11-6-12(34(27,28)29)8-14(20-10(2)23)17(11)19(18)24/h3-8,24H,1-2H3,(H,20,23)(H,25,26)(H,27,28,29)(H,30,31,32). The zero-order chi connectivity index (χ0) is 26.3. The van der Waals surface area contributed by atoms with Crippen molar-refractivity contribution in [2.75, 3.05) is 5.32 Å². The molecule has 0 heterocycles. The molecule has 0 bridgehead atoms. The Kier molecular flexibility index (Phi) is 7.07. The number of anilines is 1. The molecule has 3 aromatic rings. The predicted octanol–water partition coefficient (Wildman–Crippen LogP) is 3.30. The molecule has 0 radical (unpaired) electrons. The van der Waals surface area contributed by atoms with Gasteiger partial charge in [0.2, 0.25) is 5.91 Å². The molecular weight excluding hydrogens is 526 g/mol.